The molecule has 3 rings (SSSR count). The fraction of sp³-hybridized carbons (Fsp3) is 0.0952. The number of nitrogens with one attached hydrogen (secondary N) is 2. The minimum absolute atomic E-state index is 0.114. The van der Waals surface area contributed by atoms with Crippen molar-refractivity contribution in [2.75, 3.05) is 17.3 Å². The normalized spacial score (nSPS) is 11.9. The topological polar surface area (TPSA) is 123 Å². The van der Waals surface area contributed by atoms with E-state index in [0.29, 0.717) is 11.3 Å². The van der Waals surface area contributed by atoms with Crippen molar-refractivity contribution in [3.8, 4) is 5.75 Å². The number of ether oxygens (including phenoxy) is 1. The second-order valence-corrected chi connectivity index (χ2v) is 8.44. The van der Waals surface area contributed by atoms with Gasteiger partial charge in [0.25, 0.3) is 15.7 Å². The van der Waals surface area contributed by atoms with Gasteiger partial charge in [0, 0.05) is 11.8 Å². The van der Waals surface area contributed by atoms with Crippen molar-refractivity contribution in [1.29, 1.82) is 0 Å². The number of anilines is 2. The summed E-state index contributed by atoms with van der Waals surface area (Å²) in [6.07, 6.45) is -3.31. The smallest absolute Gasteiger partial charge is 0.416 e. The lowest BCUT2D eigenvalue weighted by atomic mass is 10.1. The molecule has 0 aliphatic carbocycles. The van der Waals surface area contributed by atoms with Gasteiger partial charge >= 0.3 is 6.18 Å². The molecule has 34 heavy (non-hydrogen) atoms. The van der Waals surface area contributed by atoms with Gasteiger partial charge in [0.05, 0.1) is 28.7 Å². The van der Waals surface area contributed by atoms with Crippen molar-refractivity contribution in [2.24, 2.45) is 5.10 Å². The van der Waals surface area contributed by atoms with Crippen LogP contribution in [-0.4, -0.2) is 26.7 Å². The standard InChI is InChI=1S/C21H17F3N4O5S/c1-33-17-8-6-16(7-9-17)27-34(31,32)18-10-11-19(20(12-18)28(29)30)26-25-13-14-2-4-15(5-3-14)21(22,23)24/h2-13,26-27H,1H3. The van der Waals surface area contributed by atoms with E-state index in [2.05, 4.69) is 15.2 Å². The number of hydrogen-bond acceptors (Lipinski definition) is 7. The molecule has 0 unspecified atom stereocenters. The van der Waals surface area contributed by atoms with Crippen molar-refractivity contribution >= 4 is 33.3 Å². The average molecular weight is 494 g/mol. The minimum Gasteiger partial charge on any atom is -0.497 e. The number of hydrogen-bond donors (Lipinski definition) is 2. The van der Waals surface area contributed by atoms with Gasteiger partial charge in [-0.1, -0.05) is 12.1 Å². The van der Waals surface area contributed by atoms with Crippen LogP contribution >= 0.6 is 0 Å². The Kier molecular flexibility index (Phi) is 7.05. The van der Waals surface area contributed by atoms with E-state index in [1.807, 2.05) is 0 Å². The zero-order chi connectivity index (χ0) is 24.9. The predicted octanol–water partition coefficient (Wildman–Crippen LogP) is 4.87. The first-order chi connectivity index (χ1) is 16.0. The van der Waals surface area contributed by atoms with Crippen molar-refractivity contribution in [1.82, 2.24) is 0 Å². The molecule has 0 atom stereocenters. The van der Waals surface area contributed by atoms with Crippen LogP contribution in [0.2, 0.25) is 0 Å². The summed E-state index contributed by atoms with van der Waals surface area (Å²) in [4.78, 5) is 10.3. The Balaban J connectivity index is 1.78. The second-order valence-electron chi connectivity index (χ2n) is 6.76. The van der Waals surface area contributed by atoms with E-state index in [9.17, 15) is 31.7 Å². The Hall–Kier alpha value is -4.13. The van der Waals surface area contributed by atoms with E-state index in [1.165, 1.54) is 37.6 Å². The summed E-state index contributed by atoms with van der Waals surface area (Å²) in [6.45, 7) is 0. The molecule has 0 aliphatic heterocycles. The van der Waals surface area contributed by atoms with Gasteiger partial charge in [0.15, 0.2) is 0 Å². The molecule has 2 N–H and O–H groups in total. The van der Waals surface area contributed by atoms with E-state index in [-0.39, 0.29) is 16.3 Å². The third-order valence-corrected chi connectivity index (χ3v) is 5.83. The largest absolute Gasteiger partial charge is 0.497 e. The Morgan fingerprint density at radius 2 is 1.68 bits per heavy atom. The first kappa shape index (κ1) is 24.5. The molecule has 13 heteroatoms. The number of halogens is 3. The van der Waals surface area contributed by atoms with E-state index < -0.39 is 32.4 Å². The lowest BCUT2D eigenvalue weighted by molar-refractivity contribution is -0.384. The SMILES string of the molecule is COc1ccc(NS(=O)(=O)c2ccc(NN=Cc3ccc(C(F)(F)F)cc3)c([N+](=O)[O-])c2)cc1. The third-order valence-electron chi connectivity index (χ3n) is 4.46. The maximum absolute atomic E-state index is 12.6. The average Bonchev–Trinajstić information content (AvgIpc) is 2.79. The van der Waals surface area contributed by atoms with Gasteiger partial charge in [-0.15, -0.1) is 0 Å². The van der Waals surface area contributed by atoms with Crippen LogP contribution in [0, 0.1) is 10.1 Å². The monoisotopic (exact) mass is 494 g/mol. The molecule has 0 saturated heterocycles. The molecule has 178 valence electrons. The molecule has 0 spiro atoms. The summed E-state index contributed by atoms with van der Waals surface area (Å²) in [5, 5.41) is 15.3. The van der Waals surface area contributed by atoms with Crippen LogP contribution in [0.1, 0.15) is 11.1 Å². The third kappa shape index (κ3) is 6.01. The lowest BCUT2D eigenvalue weighted by Gasteiger charge is -2.10. The molecule has 9 nitrogen and oxygen atoms in total. The van der Waals surface area contributed by atoms with E-state index >= 15 is 0 Å². The van der Waals surface area contributed by atoms with E-state index in [0.717, 1.165) is 30.3 Å². The van der Waals surface area contributed by atoms with Crippen LogP contribution in [0.15, 0.2) is 76.7 Å². The maximum atomic E-state index is 12.6. The summed E-state index contributed by atoms with van der Waals surface area (Å²) in [5.41, 5.74) is 1.44. The van der Waals surface area contributed by atoms with Crippen LogP contribution in [0.3, 0.4) is 0 Å². The van der Waals surface area contributed by atoms with Gasteiger partial charge in [0.2, 0.25) is 0 Å². The number of hydrazone groups is 1. The quantitative estimate of drug-likeness (QED) is 0.262. The molecule has 3 aromatic carbocycles. The number of sulfonamides is 1. The molecule has 0 radical (unpaired) electrons. The van der Waals surface area contributed by atoms with Gasteiger partial charge in [-0.3, -0.25) is 20.3 Å². The van der Waals surface area contributed by atoms with Crippen LogP contribution in [0.4, 0.5) is 30.2 Å². The maximum Gasteiger partial charge on any atom is 0.416 e. The first-order valence-electron chi connectivity index (χ1n) is 9.41. The lowest BCUT2D eigenvalue weighted by Crippen LogP contribution is -2.13. The van der Waals surface area contributed by atoms with Crippen LogP contribution in [0.25, 0.3) is 0 Å². The van der Waals surface area contributed by atoms with Crippen molar-refractivity contribution in [3.63, 3.8) is 0 Å². The van der Waals surface area contributed by atoms with Crippen molar-refractivity contribution in [3.05, 3.63) is 88.0 Å². The fourth-order valence-corrected chi connectivity index (χ4v) is 3.81. The Morgan fingerprint density at radius 1 is 1.03 bits per heavy atom. The van der Waals surface area contributed by atoms with E-state index in [4.69, 9.17) is 4.74 Å². The Labute approximate surface area is 192 Å². The molecule has 0 aromatic heterocycles. The molecule has 0 aliphatic rings. The summed E-state index contributed by atoms with van der Waals surface area (Å²) in [5.74, 6) is 0.519. The molecular formula is C21H17F3N4O5S. The highest BCUT2D eigenvalue weighted by molar-refractivity contribution is 7.92. The number of alkyl halides is 3. The molecular weight excluding hydrogens is 477 g/mol. The zero-order valence-electron chi connectivity index (χ0n) is 17.4. The van der Waals surface area contributed by atoms with Crippen LogP contribution in [0.5, 0.6) is 5.75 Å². The molecule has 0 fully saturated rings. The molecule has 0 heterocycles. The Morgan fingerprint density at radius 3 is 2.24 bits per heavy atom. The van der Waals surface area contributed by atoms with Gasteiger partial charge in [-0.25, -0.2) is 8.42 Å². The predicted molar refractivity (Wildman–Crippen MR) is 120 cm³/mol. The van der Waals surface area contributed by atoms with Crippen molar-refractivity contribution < 1.29 is 31.2 Å². The number of nitrogens with zero attached hydrogens (tertiary/aromatic N) is 2. The van der Waals surface area contributed by atoms with Crippen molar-refractivity contribution in [2.45, 2.75) is 11.1 Å². The molecule has 3 aromatic rings. The van der Waals surface area contributed by atoms with Gasteiger partial charge in [0.1, 0.15) is 11.4 Å². The highest BCUT2D eigenvalue weighted by Crippen LogP contribution is 2.30. The summed E-state index contributed by atoms with van der Waals surface area (Å²) in [6, 6.07) is 13.3. The minimum atomic E-state index is -4.47. The summed E-state index contributed by atoms with van der Waals surface area (Å²) in [7, 11) is -2.68. The summed E-state index contributed by atoms with van der Waals surface area (Å²) >= 11 is 0. The number of methoxy groups -OCH3 is 1. The number of benzene rings is 3. The fourth-order valence-electron chi connectivity index (χ4n) is 2.73. The second kappa shape index (κ2) is 9.79. The number of nitro benzene ring substituents is 1. The number of nitro groups is 1. The molecule has 0 bridgehead atoms. The molecule has 0 amide bonds. The highest BCUT2D eigenvalue weighted by Gasteiger charge is 2.29. The van der Waals surface area contributed by atoms with Gasteiger partial charge < -0.3 is 4.74 Å². The highest BCUT2D eigenvalue weighted by atomic mass is 32.2. The first-order valence-corrected chi connectivity index (χ1v) is 10.9. The van der Waals surface area contributed by atoms with E-state index in [1.54, 1.807) is 12.1 Å². The van der Waals surface area contributed by atoms with Crippen LogP contribution in [-0.2, 0) is 16.2 Å². The van der Waals surface area contributed by atoms with Crippen LogP contribution < -0.4 is 14.9 Å². The Bertz CT molecular complexity index is 1310. The van der Waals surface area contributed by atoms with Gasteiger partial charge in [-0.2, -0.15) is 18.3 Å². The summed E-state index contributed by atoms with van der Waals surface area (Å²) < 4.78 is 70.5. The zero-order valence-corrected chi connectivity index (χ0v) is 18.2. The number of rotatable bonds is 8. The van der Waals surface area contributed by atoms with Gasteiger partial charge in [-0.05, 0) is 54.1 Å². The molecule has 0 saturated carbocycles.